The van der Waals surface area contributed by atoms with E-state index in [4.69, 9.17) is 0 Å². The Morgan fingerprint density at radius 3 is 2.33 bits per heavy atom. The zero-order valence-electron chi connectivity index (χ0n) is 11.0. The summed E-state index contributed by atoms with van der Waals surface area (Å²) >= 11 is 0. The van der Waals surface area contributed by atoms with Crippen LogP contribution in [0.2, 0.25) is 0 Å². The second kappa shape index (κ2) is 7.66. The van der Waals surface area contributed by atoms with Crippen molar-refractivity contribution in [2.45, 2.75) is 70.9 Å². The van der Waals surface area contributed by atoms with Crippen LogP contribution in [0.3, 0.4) is 0 Å². The van der Waals surface area contributed by atoms with Crippen molar-refractivity contribution in [3.63, 3.8) is 0 Å². The second-order valence-electron chi connectivity index (χ2n) is 5.66. The third-order valence-electron chi connectivity index (χ3n) is 3.74. The molecule has 0 radical (unpaired) electrons. The molecule has 90 valence electrons. The number of rotatable bonds is 6. The standard InChI is InChI=1S/C14H29P/c1-13(2)9-7-8-12-15(3)14-10-5-4-6-11-14/h13-14H,4-12H2,1-3H3. The Hall–Kier alpha value is 0.430. The normalized spacial score (nSPS) is 20.8. The molecule has 0 aromatic rings. The maximum atomic E-state index is 2.56. The molecule has 1 atom stereocenters. The lowest BCUT2D eigenvalue weighted by Crippen LogP contribution is -2.11. The van der Waals surface area contributed by atoms with Crippen molar-refractivity contribution in [3.8, 4) is 0 Å². The lowest BCUT2D eigenvalue weighted by molar-refractivity contribution is 0.509. The molecule has 0 bridgehead atoms. The van der Waals surface area contributed by atoms with Crippen molar-refractivity contribution in [2.75, 3.05) is 12.8 Å². The summed E-state index contributed by atoms with van der Waals surface area (Å²) in [5.41, 5.74) is 1.13. The van der Waals surface area contributed by atoms with Gasteiger partial charge < -0.3 is 0 Å². The van der Waals surface area contributed by atoms with Crippen molar-refractivity contribution in [1.82, 2.24) is 0 Å². The molecule has 0 aliphatic heterocycles. The molecule has 0 N–H and O–H groups in total. The number of unbranched alkanes of at least 4 members (excludes halogenated alkanes) is 1. The zero-order chi connectivity index (χ0) is 11.1. The zero-order valence-corrected chi connectivity index (χ0v) is 11.9. The average molecular weight is 228 g/mol. The van der Waals surface area contributed by atoms with Gasteiger partial charge in [0.25, 0.3) is 0 Å². The summed E-state index contributed by atoms with van der Waals surface area (Å²) in [5.74, 6) is 0.905. The molecular weight excluding hydrogens is 199 g/mol. The van der Waals surface area contributed by atoms with Crippen LogP contribution in [0.15, 0.2) is 0 Å². The van der Waals surface area contributed by atoms with Gasteiger partial charge in [0.1, 0.15) is 0 Å². The van der Waals surface area contributed by atoms with Gasteiger partial charge in [-0.05, 0) is 43.7 Å². The first kappa shape index (κ1) is 13.5. The van der Waals surface area contributed by atoms with Crippen LogP contribution in [0.1, 0.15) is 65.2 Å². The third kappa shape index (κ3) is 5.91. The largest absolute Gasteiger partial charge is 0.107 e. The van der Waals surface area contributed by atoms with Gasteiger partial charge in [-0.15, -0.1) is 7.92 Å². The van der Waals surface area contributed by atoms with Crippen LogP contribution in [0.4, 0.5) is 0 Å². The van der Waals surface area contributed by atoms with Gasteiger partial charge in [0, 0.05) is 0 Å². The van der Waals surface area contributed by atoms with Crippen molar-refractivity contribution < 1.29 is 0 Å². The second-order valence-corrected chi connectivity index (χ2v) is 8.35. The Kier molecular flexibility index (Phi) is 6.89. The highest BCUT2D eigenvalue weighted by atomic mass is 31.1. The summed E-state index contributed by atoms with van der Waals surface area (Å²) in [6, 6.07) is 0. The van der Waals surface area contributed by atoms with Crippen LogP contribution in [0.5, 0.6) is 0 Å². The minimum atomic E-state index is 0.370. The highest BCUT2D eigenvalue weighted by molar-refractivity contribution is 7.57. The predicted octanol–water partition coefficient (Wildman–Crippen LogP) is 5.26. The molecule has 1 aliphatic carbocycles. The molecule has 0 aromatic carbocycles. The van der Waals surface area contributed by atoms with Crippen molar-refractivity contribution in [3.05, 3.63) is 0 Å². The molecule has 15 heavy (non-hydrogen) atoms. The Labute approximate surface area is 98.0 Å². The molecular formula is C14H29P. The maximum absolute atomic E-state index is 2.56. The van der Waals surface area contributed by atoms with E-state index in [1.165, 1.54) is 38.5 Å². The van der Waals surface area contributed by atoms with E-state index in [9.17, 15) is 0 Å². The van der Waals surface area contributed by atoms with E-state index in [2.05, 4.69) is 20.5 Å². The van der Waals surface area contributed by atoms with Gasteiger partial charge in [-0.3, -0.25) is 0 Å². The molecule has 0 aromatic heterocycles. The minimum absolute atomic E-state index is 0.370. The van der Waals surface area contributed by atoms with E-state index in [0.717, 1.165) is 11.6 Å². The van der Waals surface area contributed by atoms with Crippen LogP contribution in [0, 0.1) is 5.92 Å². The van der Waals surface area contributed by atoms with E-state index < -0.39 is 0 Å². The first-order chi connectivity index (χ1) is 7.20. The van der Waals surface area contributed by atoms with E-state index >= 15 is 0 Å². The van der Waals surface area contributed by atoms with Crippen LogP contribution in [-0.4, -0.2) is 18.5 Å². The Balaban J connectivity index is 2.04. The van der Waals surface area contributed by atoms with E-state index in [1.807, 2.05) is 0 Å². The first-order valence-corrected chi connectivity index (χ1v) is 8.94. The Bertz CT molecular complexity index is 147. The molecule has 1 fully saturated rings. The summed E-state index contributed by atoms with van der Waals surface area (Å²) in [4.78, 5) is 0. The summed E-state index contributed by atoms with van der Waals surface area (Å²) in [6.45, 7) is 7.24. The fourth-order valence-corrected chi connectivity index (χ4v) is 4.95. The average Bonchev–Trinajstić information content (AvgIpc) is 2.25. The fraction of sp³-hybridized carbons (Fsp3) is 1.00. The lowest BCUT2D eigenvalue weighted by Gasteiger charge is -2.28. The highest BCUT2D eigenvalue weighted by Gasteiger charge is 2.18. The van der Waals surface area contributed by atoms with Crippen molar-refractivity contribution in [2.24, 2.45) is 5.92 Å². The monoisotopic (exact) mass is 228 g/mol. The number of hydrogen-bond acceptors (Lipinski definition) is 0. The van der Waals surface area contributed by atoms with Gasteiger partial charge in [-0.25, -0.2) is 0 Å². The molecule has 1 heteroatoms. The lowest BCUT2D eigenvalue weighted by atomic mass is 10.0. The van der Waals surface area contributed by atoms with Gasteiger partial charge in [0.15, 0.2) is 0 Å². The predicted molar refractivity (Wildman–Crippen MR) is 73.3 cm³/mol. The van der Waals surface area contributed by atoms with E-state index in [-0.39, 0.29) is 0 Å². The van der Waals surface area contributed by atoms with Gasteiger partial charge in [0.05, 0.1) is 0 Å². The smallest absolute Gasteiger partial charge is 0.0212 e. The molecule has 0 nitrogen and oxygen atoms in total. The topological polar surface area (TPSA) is 0 Å². The van der Waals surface area contributed by atoms with Crippen LogP contribution in [0.25, 0.3) is 0 Å². The van der Waals surface area contributed by atoms with E-state index in [1.54, 1.807) is 19.0 Å². The SMILES string of the molecule is CC(C)CCCCP(C)C1CCCCC1. The van der Waals surface area contributed by atoms with Gasteiger partial charge in [-0.2, -0.15) is 0 Å². The van der Waals surface area contributed by atoms with Gasteiger partial charge in [0.2, 0.25) is 0 Å². The third-order valence-corrected chi connectivity index (χ3v) is 6.53. The van der Waals surface area contributed by atoms with Gasteiger partial charge in [-0.1, -0.05) is 46.0 Å². The van der Waals surface area contributed by atoms with Gasteiger partial charge >= 0.3 is 0 Å². The highest BCUT2D eigenvalue weighted by Crippen LogP contribution is 2.45. The minimum Gasteiger partial charge on any atom is -0.107 e. The molecule has 0 spiro atoms. The maximum Gasteiger partial charge on any atom is -0.0212 e. The fourth-order valence-electron chi connectivity index (χ4n) is 2.62. The first-order valence-electron chi connectivity index (χ1n) is 6.90. The molecule has 0 amide bonds. The summed E-state index contributed by atoms with van der Waals surface area (Å²) in [6.07, 6.45) is 13.6. The van der Waals surface area contributed by atoms with Crippen LogP contribution >= 0.6 is 7.92 Å². The van der Waals surface area contributed by atoms with Crippen molar-refractivity contribution >= 4 is 7.92 Å². The van der Waals surface area contributed by atoms with Crippen LogP contribution in [-0.2, 0) is 0 Å². The quantitative estimate of drug-likeness (QED) is 0.430. The Morgan fingerprint density at radius 2 is 1.73 bits per heavy atom. The molecule has 0 saturated heterocycles. The molecule has 1 rings (SSSR count). The van der Waals surface area contributed by atoms with E-state index in [0.29, 0.717) is 7.92 Å². The van der Waals surface area contributed by atoms with Crippen LogP contribution < -0.4 is 0 Å². The summed E-state index contributed by atoms with van der Waals surface area (Å²) in [5, 5.41) is 0. The Morgan fingerprint density at radius 1 is 1.07 bits per heavy atom. The molecule has 1 unspecified atom stereocenters. The number of hydrogen-bond donors (Lipinski definition) is 0. The summed E-state index contributed by atoms with van der Waals surface area (Å²) < 4.78 is 0. The molecule has 1 saturated carbocycles. The molecule has 1 aliphatic rings. The molecule has 0 heterocycles. The summed E-state index contributed by atoms with van der Waals surface area (Å²) in [7, 11) is 0.370. The van der Waals surface area contributed by atoms with Crippen molar-refractivity contribution in [1.29, 1.82) is 0 Å².